The molecule has 0 bridgehead atoms. The van der Waals surface area contributed by atoms with Crippen LogP contribution in [0.25, 0.3) is 0 Å². The van der Waals surface area contributed by atoms with E-state index >= 15 is 0 Å². The van der Waals surface area contributed by atoms with E-state index in [9.17, 15) is 18.8 Å². The third kappa shape index (κ3) is 5.40. The molecule has 152 valence electrons. The number of hydrogen-bond donors (Lipinski definition) is 2. The maximum atomic E-state index is 13.5. The minimum absolute atomic E-state index is 0.0297. The molecule has 0 aliphatic carbocycles. The van der Waals surface area contributed by atoms with Crippen LogP contribution in [-0.2, 0) is 16.0 Å². The van der Waals surface area contributed by atoms with Crippen molar-refractivity contribution in [3.05, 3.63) is 59.4 Å². The number of anilines is 2. The van der Waals surface area contributed by atoms with E-state index in [1.165, 1.54) is 26.0 Å². The van der Waals surface area contributed by atoms with Crippen molar-refractivity contribution < 1.29 is 18.8 Å². The predicted molar refractivity (Wildman–Crippen MR) is 109 cm³/mol. The minimum Gasteiger partial charge on any atom is -0.335 e. The Balaban J connectivity index is 1.85. The molecule has 2 aromatic carbocycles. The highest BCUT2D eigenvalue weighted by atomic mass is 19.1. The Morgan fingerprint density at radius 1 is 1.03 bits per heavy atom. The third-order valence-corrected chi connectivity index (χ3v) is 4.82. The SMILES string of the molecule is CC(=O)Nc1cc(NC(C)=O)cc(C(=O)N2CCCC2Cc2cccc(F)c2)c1. The molecular weight excluding hydrogens is 373 g/mol. The van der Waals surface area contributed by atoms with Gasteiger partial charge in [0.25, 0.3) is 5.91 Å². The van der Waals surface area contributed by atoms with Gasteiger partial charge in [0, 0.05) is 43.4 Å². The number of hydrogen-bond acceptors (Lipinski definition) is 3. The van der Waals surface area contributed by atoms with E-state index in [0.29, 0.717) is 29.9 Å². The Morgan fingerprint density at radius 2 is 1.69 bits per heavy atom. The third-order valence-electron chi connectivity index (χ3n) is 4.82. The number of benzene rings is 2. The van der Waals surface area contributed by atoms with Crippen molar-refractivity contribution in [2.75, 3.05) is 17.2 Å². The fourth-order valence-corrected chi connectivity index (χ4v) is 3.72. The Kier molecular flexibility index (Phi) is 6.26. The van der Waals surface area contributed by atoms with Gasteiger partial charge in [-0.2, -0.15) is 0 Å². The average Bonchev–Trinajstić information content (AvgIpc) is 3.07. The molecule has 0 radical (unpaired) electrons. The van der Waals surface area contributed by atoms with Crippen LogP contribution in [0.15, 0.2) is 42.5 Å². The van der Waals surface area contributed by atoms with Crippen LogP contribution in [0.1, 0.15) is 42.6 Å². The lowest BCUT2D eigenvalue weighted by Gasteiger charge is -2.25. The lowest BCUT2D eigenvalue weighted by molar-refractivity contribution is -0.115. The van der Waals surface area contributed by atoms with E-state index < -0.39 is 0 Å². The van der Waals surface area contributed by atoms with Crippen molar-refractivity contribution in [3.63, 3.8) is 0 Å². The summed E-state index contributed by atoms with van der Waals surface area (Å²) in [6.07, 6.45) is 2.29. The maximum absolute atomic E-state index is 13.5. The number of nitrogens with one attached hydrogen (secondary N) is 2. The van der Waals surface area contributed by atoms with E-state index in [0.717, 1.165) is 18.4 Å². The molecule has 29 heavy (non-hydrogen) atoms. The zero-order valence-electron chi connectivity index (χ0n) is 16.5. The van der Waals surface area contributed by atoms with Gasteiger partial charge in [-0.25, -0.2) is 4.39 Å². The molecule has 1 fully saturated rings. The second kappa shape index (κ2) is 8.86. The minimum atomic E-state index is -0.290. The largest absolute Gasteiger partial charge is 0.335 e. The van der Waals surface area contributed by atoms with E-state index in [-0.39, 0.29) is 29.6 Å². The van der Waals surface area contributed by atoms with Crippen LogP contribution in [0.5, 0.6) is 0 Å². The Hall–Kier alpha value is -3.22. The summed E-state index contributed by atoms with van der Waals surface area (Å²) in [6.45, 7) is 3.36. The molecule has 1 unspecified atom stereocenters. The molecule has 2 aromatic rings. The highest BCUT2D eigenvalue weighted by Crippen LogP contribution is 2.26. The van der Waals surface area contributed by atoms with Crippen LogP contribution in [0.4, 0.5) is 15.8 Å². The zero-order valence-corrected chi connectivity index (χ0v) is 16.5. The standard InChI is InChI=1S/C22H24FN3O3/c1-14(27)24-19-11-17(12-20(13-19)25-15(2)28)22(29)26-8-4-7-21(26)10-16-5-3-6-18(23)9-16/h3,5-6,9,11-13,21H,4,7-8,10H2,1-2H3,(H,24,27)(H,25,28). The van der Waals surface area contributed by atoms with Crippen molar-refractivity contribution in [2.24, 2.45) is 0 Å². The Labute approximate surface area is 169 Å². The monoisotopic (exact) mass is 397 g/mol. The smallest absolute Gasteiger partial charge is 0.254 e. The van der Waals surface area contributed by atoms with Gasteiger partial charge in [-0.05, 0) is 55.2 Å². The van der Waals surface area contributed by atoms with E-state index in [1.54, 1.807) is 29.2 Å². The van der Waals surface area contributed by atoms with Gasteiger partial charge < -0.3 is 15.5 Å². The molecule has 0 aromatic heterocycles. The van der Waals surface area contributed by atoms with Gasteiger partial charge in [0.15, 0.2) is 0 Å². The van der Waals surface area contributed by atoms with Gasteiger partial charge in [-0.3, -0.25) is 14.4 Å². The second-order valence-electron chi connectivity index (χ2n) is 7.29. The van der Waals surface area contributed by atoms with Gasteiger partial charge in [0.2, 0.25) is 11.8 Å². The van der Waals surface area contributed by atoms with Gasteiger partial charge in [-0.1, -0.05) is 12.1 Å². The number of carbonyl (C=O) groups excluding carboxylic acids is 3. The first-order valence-corrected chi connectivity index (χ1v) is 9.57. The first-order valence-electron chi connectivity index (χ1n) is 9.57. The van der Waals surface area contributed by atoms with Gasteiger partial charge in [-0.15, -0.1) is 0 Å². The fraction of sp³-hybridized carbons (Fsp3) is 0.318. The predicted octanol–water partition coefficient (Wildman–Crippen LogP) is 3.59. The molecule has 3 rings (SSSR count). The van der Waals surface area contributed by atoms with Crippen molar-refractivity contribution in [2.45, 2.75) is 39.2 Å². The summed E-state index contributed by atoms with van der Waals surface area (Å²) in [5.74, 6) is -1.01. The molecule has 1 aliphatic heterocycles. The molecule has 1 atom stereocenters. The molecule has 6 nitrogen and oxygen atoms in total. The highest BCUT2D eigenvalue weighted by Gasteiger charge is 2.30. The Morgan fingerprint density at radius 3 is 2.28 bits per heavy atom. The lowest BCUT2D eigenvalue weighted by atomic mass is 10.0. The quantitative estimate of drug-likeness (QED) is 0.809. The Bertz CT molecular complexity index is 910. The van der Waals surface area contributed by atoms with Crippen LogP contribution in [0, 0.1) is 5.82 Å². The van der Waals surface area contributed by atoms with E-state index in [4.69, 9.17) is 0 Å². The van der Waals surface area contributed by atoms with Crippen LogP contribution >= 0.6 is 0 Å². The lowest BCUT2D eigenvalue weighted by Crippen LogP contribution is -2.37. The number of likely N-dealkylation sites (tertiary alicyclic amines) is 1. The fourth-order valence-electron chi connectivity index (χ4n) is 3.72. The topological polar surface area (TPSA) is 78.5 Å². The molecule has 1 aliphatic rings. The summed E-state index contributed by atoms with van der Waals surface area (Å²) < 4.78 is 13.5. The summed E-state index contributed by atoms with van der Waals surface area (Å²) in [7, 11) is 0. The maximum Gasteiger partial charge on any atom is 0.254 e. The van der Waals surface area contributed by atoms with E-state index in [1.807, 2.05) is 6.07 Å². The van der Waals surface area contributed by atoms with Gasteiger partial charge >= 0.3 is 0 Å². The van der Waals surface area contributed by atoms with Crippen molar-refractivity contribution >= 4 is 29.1 Å². The molecule has 2 N–H and O–H groups in total. The van der Waals surface area contributed by atoms with Crippen molar-refractivity contribution in [3.8, 4) is 0 Å². The van der Waals surface area contributed by atoms with Crippen LogP contribution in [-0.4, -0.2) is 35.2 Å². The van der Waals surface area contributed by atoms with Gasteiger partial charge in [0.1, 0.15) is 5.82 Å². The highest BCUT2D eigenvalue weighted by molar-refractivity contribution is 6.00. The number of halogens is 1. The molecule has 1 heterocycles. The second-order valence-corrected chi connectivity index (χ2v) is 7.29. The number of amides is 3. The number of nitrogens with zero attached hydrogens (tertiary/aromatic N) is 1. The molecule has 0 spiro atoms. The van der Waals surface area contributed by atoms with Crippen LogP contribution in [0.2, 0.25) is 0 Å². The molecule has 7 heteroatoms. The average molecular weight is 397 g/mol. The van der Waals surface area contributed by atoms with Crippen LogP contribution in [0.3, 0.4) is 0 Å². The van der Waals surface area contributed by atoms with E-state index in [2.05, 4.69) is 10.6 Å². The van der Waals surface area contributed by atoms with Crippen molar-refractivity contribution in [1.82, 2.24) is 4.90 Å². The first kappa shape index (κ1) is 20.5. The number of carbonyl (C=O) groups is 3. The summed E-state index contributed by atoms with van der Waals surface area (Å²) in [6, 6.07) is 11.2. The molecular formula is C22H24FN3O3. The summed E-state index contributed by atoms with van der Waals surface area (Å²) in [5, 5.41) is 5.32. The van der Waals surface area contributed by atoms with Gasteiger partial charge in [0.05, 0.1) is 0 Å². The summed E-state index contributed by atoms with van der Waals surface area (Å²) >= 11 is 0. The normalized spacial score (nSPS) is 15.8. The summed E-state index contributed by atoms with van der Waals surface area (Å²) in [5.41, 5.74) is 2.10. The van der Waals surface area contributed by atoms with Crippen molar-refractivity contribution in [1.29, 1.82) is 0 Å². The molecule has 1 saturated heterocycles. The summed E-state index contributed by atoms with van der Waals surface area (Å²) in [4.78, 5) is 37.9. The molecule has 3 amide bonds. The first-order chi connectivity index (χ1) is 13.8. The zero-order chi connectivity index (χ0) is 21.0. The van der Waals surface area contributed by atoms with Crippen LogP contribution < -0.4 is 10.6 Å². The number of rotatable bonds is 5. The molecule has 0 saturated carbocycles.